The highest BCUT2D eigenvalue weighted by Crippen LogP contribution is 2.30. The molecule has 0 bridgehead atoms. The standard InChI is InChI=1S/C14H17N3O/c1-4-9-17(10-5-1)13-7-3-2-6-12(13)16-14-15-8-11-18-14/h2-3,6-8,11H,1,4-5,9-10H2,(H,15,16). The number of oxazole rings is 1. The number of nitrogens with zero attached hydrogens (tertiary/aromatic N) is 2. The van der Waals surface area contributed by atoms with Crippen LogP contribution in [0, 0.1) is 0 Å². The SMILES string of the molecule is c1ccc(N2CCCCC2)c(Nc2ncco2)c1. The Labute approximate surface area is 107 Å². The summed E-state index contributed by atoms with van der Waals surface area (Å²) in [6.45, 7) is 2.26. The van der Waals surface area contributed by atoms with Gasteiger partial charge in [0.2, 0.25) is 0 Å². The van der Waals surface area contributed by atoms with E-state index in [0.717, 1.165) is 18.8 Å². The first-order valence-corrected chi connectivity index (χ1v) is 6.44. The Morgan fingerprint density at radius 3 is 2.72 bits per heavy atom. The quantitative estimate of drug-likeness (QED) is 0.897. The van der Waals surface area contributed by atoms with Crippen molar-refractivity contribution in [1.82, 2.24) is 4.98 Å². The first-order valence-electron chi connectivity index (χ1n) is 6.44. The number of hydrogen-bond acceptors (Lipinski definition) is 4. The van der Waals surface area contributed by atoms with Crippen LogP contribution in [0.2, 0.25) is 0 Å². The van der Waals surface area contributed by atoms with E-state index < -0.39 is 0 Å². The highest BCUT2D eigenvalue weighted by atomic mass is 16.4. The fraction of sp³-hybridized carbons (Fsp3) is 0.357. The summed E-state index contributed by atoms with van der Waals surface area (Å²) in [4.78, 5) is 6.53. The minimum atomic E-state index is 0.541. The second-order valence-corrected chi connectivity index (χ2v) is 4.53. The van der Waals surface area contributed by atoms with E-state index in [1.165, 1.54) is 24.9 Å². The minimum Gasteiger partial charge on any atom is -0.432 e. The predicted octanol–water partition coefficient (Wildman–Crippen LogP) is 3.41. The lowest BCUT2D eigenvalue weighted by Gasteiger charge is -2.30. The lowest BCUT2D eigenvalue weighted by Crippen LogP contribution is -2.29. The van der Waals surface area contributed by atoms with E-state index in [9.17, 15) is 0 Å². The van der Waals surface area contributed by atoms with Crippen LogP contribution >= 0.6 is 0 Å². The van der Waals surface area contributed by atoms with E-state index in [2.05, 4.69) is 33.4 Å². The average Bonchev–Trinajstić information content (AvgIpc) is 2.93. The van der Waals surface area contributed by atoms with Gasteiger partial charge in [0, 0.05) is 13.1 Å². The van der Waals surface area contributed by atoms with Crippen LogP contribution in [0.5, 0.6) is 0 Å². The molecule has 1 aliphatic heterocycles. The normalized spacial score (nSPS) is 15.7. The number of para-hydroxylation sites is 2. The van der Waals surface area contributed by atoms with Gasteiger partial charge in [0.15, 0.2) is 0 Å². The van der Waals surface area contributed by atoms with E-state index in [0.29, 0.717) is 6.01 Å². The third-order valence-electron chi connectivity index (χ3n) is 3.27. The average molecular weight is 243 g/mol. The van der Waals surface area contributed by atoms with Crippen molar-refractivity contribution in [2.75, 3.05) is 23.3 Å². The molecule has 1 N–H and O–H groups in total. The van der Waals surface area contributed by atoms with Crippen LogP contribution < -0.4 is 10.2 Å². The van der Waals surface area contributed by atoms with Crippen LogP contribution in [0.1, 0.15) is 19.3 Å². The van der Waals surface area contributed by atoms with E-state index in [4.69, 9.17) is 4.42 Å². The van der Waals surface area contributed by atoms with E-state index in [1.54, 1.807) is 12.5 Å². The number of aromatic nitrogens is 1. The third kappa shape index (κ3) is 2.32. The molecule has 0 unspecified atom stereocenters. The van der Waals surface area contributed by atoms with Gasteiger partial charge in [0.1, 0.15) is 6.26 Å². The van der Waals surface area contributed by atoms with Crippen LogP contribution in [0.15, 0.2) is 41.1 Å². The van der Waals surface area contributed by atoms with Crippen LogP contribution in [0.3, 0.4) is 0 Å². The Hall–Kier alpha value is -1.97. The molecular weight excluding hydrogens is 226 g/mol. The van der Waals surface area contributed by atoms with Gasteiger partial charge in [-0.2, -0.15) is 0 Å². The van der Waals surface area contributed by atoms with Gasteiger partial charge < -0.3 is 14.6 Å². The molecule has 1 aromatic carbocycles. The van der Waals surface area contributed by atoms with Crippen molar-refractivity contribution in [3.05, 3.63) is 36.7 Å². The maximum Gasteiger partial charge on any atom is 0.299 e. The molecule has 1 aliphatic rings. The number of benzene rings is 1. The van der Waals surface area contributed by atoms with Gasteiger partial charge in [-0.05, 0) is 31.4 Å². The molecule has 0 spiro atoms. The van der Waals surface area contributed by atoms with Gasteiger partial charge in [-0.3, -0.25) is 0 Å². The van der Waals surface area contributed by atoms with Crippen LogP contribution in [0.4, 0.5) is 17.4 Å². The molecule has 18 heavy (non-hydrogen) atoms. The van der Waals surface area contributed by atoms with Crippen LogP contribution in [-0.2, 0) is 0 Å². The van der Waals surface area contributed by atoms with Gasteiger partial charge in [-0.15, -0.1) is 0 Å². The number of piperidine rings is 1. The number of nitrogens with one attached hydrogen (secondary N) is 1. The molecule has 2 aromatic rings. The van der Waals surface area contributed by atoms with Crippen molar-refractivity contribution in [3.8, 4) is 0 Å². The zero-order valence-corrected chi connectivity index (χ0v) is 10.3. The molecule has 0 radical (unpaired) electrons. The fourth-order valence-electron chi connectivity index (χ4n) is 2.39. The molecule has 0 saturated carbocycles. The molecule has 1 fully saturated rings. The van der Waals surface area contributed by atoms with Gasteiger partial charge >= 0.3 is 0 Å². The summed E-state index contributed by atoms with van der Waals surface area (Å²) < 4.78 is 5.24. The van der Waals surface area contributed by atoms with Crippen LogP contribution in [0.25, 0.3) is 0 Å². The maximum absolute atomic E-state index is 5.24. The molecule has 2 heterocycles. The molecule has 1 aromatic heterocycles. The predicted molar refractivity (Wildman–Crippen MR) is 72.3 cm³/mol. The van der Waals surface area contributed by atoms with Crippen molar-refractivity contribution in [1.29, 1.82) is 0 Å². The zero-order chi connectivity index (χ0) is 12.2. The van der Waals surface area contributed by atoms with Crippen LogP contribution in [-0.4, -0.2) is 18.1 Å². The Bertz CT molecular complexity index is 490. The third-order valence-corrected chi connectivity index (χ3v) is 3.27. The second-order valence-electron chi connectivity index (χ2n) is 4.53. The summed E-state index contributed by atoms with van der Waals surface area (Å²) in [5, 5.41) is 3.23. The molecule has 94 valence electrons. The van der Waals surface area contributed by atoms with Gasteiger partial charge in [-0.25, -0.2) is 4.98 Å². The van der Waals surface area contributed by atoms with Crippen molar-refractivity contribution in [3.63, 3.8) is 0 Å². The Morgan fingerprint density at radius 1 is 1.11 bits per heavy atom. The highest BCUT2D eigenvalue weighted by molar-refractivity contribution is 5.73. The second kappa shape index (κ2) is 5.12. The fourth-order valence-corrected chi connectivity index (χ4v) is 2.39. The van der Waals surface area contributed by atoms with Gasteiger partial charge in [0.05, 0.1) is 17.6 Å². The van der Waals surface area contributed by atoms with Gasteiger partial charge in [0.25, 0.3) is 6.01 Å². The van der Waals surface area contributed by atoms with Crippen molar-refractivity contribution in [2.45, 2.75) is 19.3 Å². The molecule has 0 aliphatic carbocycles. The Morgan fingerprint density at radius 2 is 1.94 bits per heavy atom. The lowest BCUT2D eigenvalue weighted by atomic mass is 10.1. The molecule has 3 rings (SSSR count). The maximum atomic E-state index is 5.24. The molecule has 4 heteroatoms. The largest absolute Gasteiger partial charge is 0.432 e. The molecule has 0 amide bonds. The number of hydrogen-bond donors (Lipinski definition) is 1. The Kier molecular flexibility index (Phi) is 3.17. The van der Waals surface area contributed by atoms with Crippen molar-refractivity contribution >= 4 is 17.4 Å². The Balaban J connectivity index is 1.84. The summed E-state index contributed by atoms with van der Waals surface area (Å²) >= 11 is 0. The first-order chi connectivity index (χ1) is 8.93. The molecule has 0 atom stereocenters. The number of anilines is 3. The topological polar surface area (TPSA) is 41.3 Å². The summed E-state index contributed by atoms with van der Waals surface area (Å²) in [6.07, 6.45) is 7.10. The molecule has 1 saturated heterocycles. The van der Waals surface area contributed by atoms with E-state index >= 15 is 0 Å². The van der Waals surface area contributed by atoms with E-state index in [1.807, 2.05) is 6.07 Å². The van der Waals surface area contributed by atoms with Crippen molar-refractivity contribution < 1.29 is 4.42 Å². The molecule has 4 nitrogen and oxygen atoms in total. The van der Waals surface area contributed by atoms with E-state index in [-0.39, 0.29) is 0 Å². The first kappa shape index (κ1) is 11.1. The smallest absolute Gasteiger partial charge is 0.299 e. The lowest BCUT2D eigenvalue weighted by molar-refractivity contribution is 0.574. The minimum absolute atomic E-state index is 0.541. The summed E-state index contributed by atoms with van der Waals surface area (Å²) in [7, 11) is 0. The molecular formula is C14H17N3O. The summed E-state index contributed by atoms with van der Waals surface area (Å²) in [6, 6.07) is 8.85. The summed E-state index contributed by atoms with van der Waals surface area (Å²) in [5.74, 6) is 0. The zero-order valence-electron chi connectivity index (χ0n) is 10.3. The highest BCUT2D eigenvalue weighted by Gasteiger charge is 2.14. The van der Waals surface area contributed by atoms with Crippen molar-refractivity contribution in [2.24, 2.45) is 0 Å². The van der Waals surface area contributed by atoms with Gasteiger partial charge in [-0.1, -0.05) is 12.1 Å². The number of rotatable bonds is 3. The monoisotopic (exact) mass is 243 g/mol. The summed E-state index contributed by atoms with van der Waals surface area (Å²) in [5.41, 5.74) is 2.29.